The summed E-state index contributed by atoms with van der Waals surface area (Å²) in [6, 6.07) is 0. The van der Waals surface area contributed by atoms with E-state index in [0.29, 0.717) is 0 Å². The normalized spacial score (nSPS) is 17.2. The van der Waals surface area contributed by atoms with Gasteiger partial charge in [-0.25, -0.2) is 0 Å². The Bertz CT molecular complexity index is 168. The molecule has 1 aliphatic rings. The lowest BCUT2D eigenvalue weighted by Crippen LogP contribution is -1.68. The first-order valence-electron chi connectivity index (χ1n) is 2.96. The second-order valence-electron chi connectivity index (χ2n) is 1.75. The summed E-state index contributed by atoms with van der Waals surface area (Å²) in [5, 5.41) is 2.12. The summed E-state index contributed by atoms with van der Waals surface area (Å²) in [4.78, 5) is 3.97. The van der Waals surface area contributed by atoms with Crippen LogP contribution in [0.25, 0.3) is 0 Å². The maximum absolute atomic E-state index is 3.97. The summed E-state index contributed by atoms with van der Waals surface area (Å²) in [7, 11) is 0. The van der Waals surface area contributed by atoms with Crippen molar-refractivity contribution in [3.8, 4) is 0 Å². The summed E-state index contributed by atoms with van der Waals surface area (Å²) in [6.45, 7) is 2.14. The first-order valence-corrected chi connectivity index (χ1v) is 3.90. The van der Waals surface area contributed by atoms with Crippen LogP contribution >= 0.6 is 11.8 Å². The van der Waals surface area contributed by atoms with Crippen molar-refractivity contribution >= 4 is 17.3 Å². The highest BCUT2D eigenvalue weighted by Crippen LogP contribution is 2.12. The molecule has 48 valence electrons. The van der Waals surface area contributed by atoms with Gasteiger partial charge in [-0.1, -0.05) is 18.7 Å². The lowest BCUT2D eigenvalue weighted by Gasteiger charge is -1.89. The van der Waals surface area contributed by atoms with Gasteiger partial charge in [0, 0.05) is 6.20 Å². The van der Waals surface area contributed by atoms with Gasteiger partial charge in [0.25, 0.3) is 0 Å². The van der Waals surface area contributed by atoms with Gasteiger partial charge >= 0.3 is 0 Å². The SMILES string of the molecule is CCC1=CSC=NC=C1. The fourth-order valence-electron chi connectivity index (χ4n) is 0.567. The zero-order chi connectivity index (χ0) is 6.53. The van der Waals surface area contributed by atoms with Crippen LogP contribution in [0.1, 0.15) is 13.3 Å². The first kappa shape index (κ1) is 6.62. The summed E-state index contributed by atoms with van der Waals surface area (Å²) in [6.07, 6.45) is 4.96. The number of thioether (sulfide) groups is 1. The van der Waals surface area contributed by atoms with Crippen LogP contribution in [0.4, 0.5) is 0 Å². The van der Waals surface area contributed by atoms with E-state index in [2.05, 4.69) is 17.3 Å². The molecule has 0 saturated heterocycles. The van der Waals surface area contributed by atoms with Crippen LogP contribution in [0.3, 0.4) is 0 Å². The van der Waals surface area contributed by atoms with Crippen LogP contribution < -0.4 is 0 Å². The Morgan fingerprint density at radius 2 is 2.56 bits per heavy atom. The van der Waals surface area contributed by atoms with Crippen molar-refractivity contribution in [2.45, 2.75) is 13.3 Å². The number of hydrogen-bond acceptors (Lipinski definition) is 2. The van der Waals surface area contributed by atoms with E-state index in [0.717, 1.165) is 6.42 Å². The lowest BCUT2D eigenvalue weighted by atomic mass is 10.2. The second kappa shape index (κ2) is 3.51. The number of rotatable bonds is 1. The van der Waals surface area contributed by atoms with E-state index in [9.17, 15) is 0 Å². The van der Waals surface area contributed by atoms with Gasteiger partial charge in [0.05, 0.1) is 5.55 Å². The van der Waals surface area contributed by atoms with Gasteiger partial charge in [-0.15, -0.1) is 0 Å². The highest BCUT2D eigenvalue weighted by molar-refractivity contribution is 8.14. The molecule has 1 heterocycles. The van der Waals surface area contributed by atoms with Crippen molar-refractivity contribution in [3.05, 3.63) is 23.3 Å². The van der Waals surface area contributed by atoms with Gasteiger partial charge in [0.1, 0.15) is 0 Å². The Morgan fingerprint density at radius 1 is 1.67 bits per heavy atom. The van der Waals surface area contributed by atoms with Crippen molar-refractivity contribution in [1.29, 1.82) is 0 Å². The molecule has 0 saturated carbocycles. The highest BCUT2D eigenvalue weighted by Gasteiger charge is 1.88. The van der Waals surface area contributed by atoms with Crippen molar-refractivity contribution in [1.82, 2.24) is 0 Å². The van der Waals surface area contributed by atoms with Crippen LogP contribution in [0.5, 0.6) is 0 Å². The topological polar surface area (TPSA) is 12.4 Å². The Morgan fingerprint density at radius 3 is 3.33 bits per heavy atom. The summed E-state index contributed by atoms with van der Waals surface area (Å²) >= 11 is 1.63. The summed E-state index contributed by atoms with van der Waals surface area (Å²) in [5.41, 5.74) is 3.18. The number of nitrogens with zero attached hydrogens (tertiary/aromatic N) is 1. The largest absolute Gasteiger partial charge is 0.258 e. The molecule has 0 atom stereocenters. The van der Waals surface area contributed by atoms with Gasteiger partial charge in [0.15, 0.2) is 0 Å². The van der Waals surface area contributed by atoms with Crippen molar-refractivity contribution in [3.63, 3.8) is 0 Å². The van der Waals surface area contributed by atoms with E-state index in [1.165, 1.54) is 5.57 Å². The molecule has 2 heteroatoms. The van der Waals surface area contributed by atoms with Crippen LogP contribution in [-0.4, -0.2) is 5.55 Å². The Balaban J connectivity index is 2.63. The average Bonchev–Trinajstić information content (AvgIpc) is 2.13. The molecule has 0 aromatic carbocycles. The minimum absolute atomic E-state index is 1.09. The summed E-state index contributed by atoms with van der Waals surface area (Å²) in [5.74, 6) is 0. The highest BCUT2D eigenvalue weighted by atomic mass is 32.2. The number of allylic oxidation sites excluding steroid dienone is 2. The van der Waals surface area contributed by atoms with Crippen LogP contribution in [-0.2, 0) is 0 Å². The zero-order valence-corrected chi connectivity index (χ0v) is 6.19. The third-order valence-corrected chi connectivity index (χ3v) is 1.81. The minimum atomic E-state index is 1.09. The van der Waals surface area contributed by atoms with Crippen LogP contribution in [0.15, 0.2) is 28.2 Å². The molecule has 0 unspecified atom stereocenters. The molecule has 0 aromatic heterocycles. The third-order valence-electron chi connectivity index (χ3n) is 1.12. The van der Waals surface area contributed by atoms with E-state index >= 15 is 0 Å². The fraction of sp³-hybridized carbons (Fsp3) is 0.286. The molecular weight excluding hydrogens is 130 g/mol. The molecule has 1 aliphatic heterocycles. The Kier molecular flexibility index (Phi) is 2.58. The quantitative estimate of drug-likeness (QED) is 0.544. The van der Waals surface area contributed by atoms with Gasteiger partial charge in [0.2, 0.25) is 0 Å². The predicted octanol–water partition coefficient (Wildman–Crippen LogP) is 2.57. The molecule has 0 bridgehead atoms. The molecule has 9 heavy (non-hydrogen) atoms. The molecular formula is C7H9NS. The first-order chi connectivity index (χ1) is 4.43. The Labute approximate surface area is 59.6 Å². The lowest BCUT2D eigenvalue weighted by molar-refractivity contribution is 1.15. The molecule has 0 amide bonds. The van der Waals surface area contributed by atoms with E-state index < -0.39 is 0 Å². The van der Waals surface area contributed by atoms with Crippen molar-refractivity contribution in [2.24, 2.45) is 4.99 Å². The molecule has 0 aromatic rings. The fourth-order valence-corrected chi connectivity index (χ4v) is 1.19. The number of hydrogen-bond donors (Lipinski definition) is 0. The van der Waals surface area contributed by atoms with Crippen LogP contribution in [0.2, 0.25) is 0 Å². The molecule has 0 spiro atoms. The summed E-state index contributed by atoms with van der Waals surface area (Å²) < 4.78 is 0. The third kappa shape index (κ3) is 2.06. The molecule has 1 rings (SSSR count). The second-order valence-corrected chi connectivity index (χ2v) is 2.47. The predicted molar refractivity (Wildman–Crippen MR) is 43.6 cm³/mol. The maximum Gasteiger partial charge on any atom is 0.0638 e. The monoisotopic (exact) mass is 139 g/mol. The van der Waals surface area contributed by atoms with Crippen molar-refractivity contribution < 1.29 is 0 Å². The van der Waals surface area contributed by atoms with E-state index in [-0.39, 0.29) is 0 Å². The molecule has 0 N–H and O–H groups in total. The van der Waals surface area contributed by atoms with Gasteiger partial charge in [-0.3, -0.25) is 4.99 Å². The van der Waals surface area contributed by atoms with Gasteiger partial charge < -0.3 is 0 Å². The standard InChI is InChI=1S/C7H9NS/c1-2-7-3-4-8-6-9-5-7/h3-6H,2H2,1H3. The molecule has 0 radical (unpaired) electrons. The minimum Gasteiger partial charge on any atom is -0.258 e. The smallest absolute Gasteiger partial charge is 0.0638 e. The van der Waals surface area contributed by atoms with Crippen molar-refractivity contribution in [2.75, 3.05) is 0 Å². The zero-order valence-electron chi connectivity index (χ0n) is 5.37. The average molecular weight is 139 g/mol. The number of aliphatic imine (C=N–C) groups is 1. The molecule has 0 aliphatic carbocycles. The van der Waals surface area contributed by atoms with Crippen LogP contribution in [0, 0.1) is 0 Å². The van der Waals surface area contributed by atoms with E-state index in [4.69, 9.17) is 0 Å². The molecule has 1 nitrogen and oxygen atoms in total. The Hall–Kier alpha value is -0.500. The van der Waals surface area contributed by atoms with Gasteiger partial charge in [-0.05, 0) is 23.5 Å². The van der Waals surface area contributed by atoms with Gasteiger partial charge in [-0.2, -0.15) is 0 Å². The maximum atomic E-state index is 3.97. The van der Waals surface area contributed by atoms with E-state index in [1.807, 2.05) is 17.8 Å². The molecule has 0 fully saturated rings. The van der Waals surface area contributed by atoms with E-state index in [1.54, 1.807) is 11.8 Å².